The third-order valence-electron chi connectivity index (χ3n) is 9.12. The number of hydrogen-bond donors (Lipinski definition) is 2. The van der Waals surface area contributed by atoms with Crippen molar-refractivity contribution in [2.24, 2.45) is 5.73 Å². The Hall–Kier alpha value is -1.02. The molecule has 0 aromatic heterocycles. The van der Waals surface area contributed by atoms with Crippen molar-refractivity contribution in [3.63, 3.8) is 0 Å². The van der Waals surface area contributed by atoms with Crippen molar-refractivity contribution in [1.29, 1.82) is 0 Å². The van der Waals surface area contributed by atoms with Crippen molar-refractivity contribution in [2.75, 3.05) is 33.0 Å². The first-order chi connectivity index (χ1) is 24.9. The van der Waals surface area contributed by atoms with E-state index in [1.54, 1.807) is 0 Å². The van der Waals surface area contributed by atoms with Gasteiger partial charge in [-0.25, -0.2) is 4.57 Å². The van der Waals surface area contributed by atoms with E-state index >= 15 is 0 Å². The van der Waals surface area contributed by atoms with Crippen LogP contribution in [0.4, 0.5) is 0 Å². The van der Waals surface area contributed by atoms with Crippen molar-refractivity contribution in [3.05, 3.63) is 24.3 Å². The lowest BCUT2D eigenvalue weighted by Gasteiger charge is -2.20. The third kappa shape index (κ3) is 40.0. The summed E-state index contributed by atoms with van der Waals surface area (Å²) in [6.07, 6.45) is 43.3. The Kier molecular flexibility index (Phi) is 39.4. The van der Waals surface area contributed by atoms with Crippen molar-refractivity contribution >= 4 is 13.8 Å². The number of phosphoric ester groups is 1. The van der Waals surface area contributed by atoms with Crippen LogP contribution < -0.4 is 5.73 Å². The minimum Gasteiger partial charge on any atom is -0.457 e. The molecule has 0 heterocycles. The van der Waals surface area contributed by atoms with Crippen LogP contribution in [-0.2, 0) is 27.9 Å². The first-order valence-electron chi connectivity index (χ1n) is 21.3. The molecule has 0 aromatic carbocycles. The highest BCUT2D eigenvalue weighted by molar-refractivity contribution is 7.47. The molecule has 0 fully saturated rings. The van der Waals surface area contributed by atoms with Gasteiger partial charge >= 0.3 is 13.8 Å². The second-order valence-corrected chi connectivity index (χ2v) is 15.7. The molecular weight excluding hydrogens is 661 g/mol. The van der Waals surface area contributed by atoms with Gasteiger partial charge < -0.3 is 20.1 Å². The van der Waals surface area contributed by atoms with Gasteiger partial charge in [0.1, 0.15) is 6.10 Å². The largest absolute Gasteiger partial charge is 0.472 e. The van der Waals surface area contributed by atoms with Crippen LogP contribution in [0.2, 0.25) is 0 Å². The molecule has 2 atom stereocenters. The van der Waals surface area contributed by atoms with Gasteiger partial charge in [0.05, 0.1) is 19.8 Å². The van der Waals surface area contributed by atoms with E-state index in [0.717, 1.165) is 57.8 Å². The SMILES string of the molecule is CCCC/C=C\C/C=C\CCCCCCCC(=O)O[C@H](COCCCCCCCCCCCCCCCCCCCC)COP(=O)(O)OCCN. The molecule has 0 radical (unpaired) electrons. The normalized spacial score (nSPS) is 13.7. The summed E-state index contributed by atoms with van der Waals surface area (Å²) in [4.78, 5) is 22.4. The first kappa shape index (κ1) is 50.0. The van der Waals surface area contributed by atoms with E-state index in [4.69, 9.17) is 24.3 Å². The van der Waals surface area contributed by atoms with Crippen LogP contribution in [0.15, 0.2) is 24.3 Å². The average Bonchev–Trinajstić information content (AvgIpc) is 3.12. The predicted octanol–water partition coefficient (Wildman–Crippen LogP) is 12.5. The van der Waals surface area contributed by atoms with Crippen molar-refractivity contribution in [3.8, 4) is 0 Å². The summed E-state index contributed by atoms with van der Waals surface area (Å²) in [5, 5.41) is 0. The molecule has 1 unspecified atom stereocenters. The Morgan fingerprint density at radius 3 is 1.59 bits per heavy atom. The van der Waals surface area contributed by atoms with Gasteiger partial charge in [-0.3, -0.25) is 13.8 Å². The first-order valence-corrected chi connectivity index (χ1v) is 22.8. The van der Waals surface area contributed by atoms with Crippen LogP contribution in [0.5, 0.6) is 0 Å². The fourth-order valence-electron chi connectivity index (χ4n) is 5.95. The molecule has 0 aromatic rings. The average molecular weight is 744 g/mol. The lowest BCUT2D eigenvalue weighted by Crippen LogP contribution is -2.28. The monoisotopic (exact) mass is 744 g/mol. The van der Waals surface area contributed by atoms with Gasteiger partial charge in [-0.05, 0) is 38.5 Å². The highest BCUT2D eigenvalue weighted by atomic mass is 31.2. The molecule has 302 valence electrons. The molecule has 51 heavy (non-hydrogen) atoms. The van der Waals surface area contributed by atoms with Gasteiger partial charge in [0.2, 0.25) is 0 Å². The van der Waals surface area contributed by atoms with E-state index in [9.17, 15) is 14.3 Å². The fraction of sp³-hybridized carbons (Fsp3) is 0.881. The Morgan fingerprint density at radius 1 is 0.588 bits per heavy atom. The molecule has 8 nitrogen and oxygen atoms in total. The lowest BCUT2D eigenvalue weighted by molar-refractivity contribution is -0.154. The number of nitrogens with two attached hydrogens (primary N) is 1. The molecule has 0 saturated carbocycles. The topological polar surface area (TPSA) is 117 Å². The summed E-state index contributed by atoms with van der Waals surface area (Å²) in [7, 11) is -4.27. The maximum atomic E-state index is 12.6. The fourth-order valence-corrected chi connectivity index (χ4v) is 6.72. The smallest absolute Gasteiger partial charge is 0.457 e. The second-order valence-electron chi connectivity index (χ2n) is 14.2. The predicted molar refractivity (Wildman–Crippen MR) is 215 cm³/mol. The third-order valence-corrected chi connectivity index (χ3v) is 10.1. The quantitative estimate of drug-likeness (QED) is 0.0275. The standard InChI is InChI=1S/C42H82NO7P/c1-3-5-7-9-11-13-15-17-19-20-21-22-24-26-28-30-32-34-37-47-39-41(40-49-51(45,46)48-38-36-43)50-42(44)35-33-31-29-27-25-23-18-16-14-12-10-8-6-4-2/h10,12,16,18,41H,3-9,11,13-15,17,19-40,43H2,1-2H3,(H,45,46)/b12-10-,18-16-/t41-/m1/s1. The molecule has 0 spiro atoms. The lowest BCUT2D eigenvalue weighted by atomic mass is 10.0. The Labute approximate surface area is 315 Å². The number of unbranched alkanes of at least 4 members (excludes halogenated alkanes) is 24. The molecule has 0 saturated heterocycles. The number of rotatable bonds is 41. The van der Waals surface area contributed by atoms with Crippen molar-refractivity contribution in [2.45, 2.75) is 206 Å². The van der Waals surface area contributed by atoms with E-state index < -0.39 is 13.9 Å². The Morgan fingerprint density at radius 2 is 1.06 bits per heavy atom. The van der Waals surface area contributed by atoms with Crippen molar-refractivity contribution in [1.82, 2.24) is 0 Å². The molecule has 3 N–H and O–H groups in total. The number of hydrogen-bond acceptors (Lipinski definition) is 7. The van der Waals surface area contributed by atoms with Gasteiger partial charge in [0.25, 0.3) is 0 Å². The summed E-state index contributed by atoms with van der Waals surface area (Å²) in [5.74, 6) is -0.342. The number of ether oxygens (including phenoxy) is 2. The number of esters is 1. The highest BCUT2D eigenvalue weighted by Gasteiger charge is 2.25. The van der Waals surface area contributed by atoms with E-state index in [2.05, 4.69) is 38.2 Å². The van der Waals surface area contributed by atoms with E-state index in [1.165, 1.54) is 122 Å². The van der Waals surface area contributed by atoms with Gasteiger partial charge in [0.15, 0.2) is 0 Å². The molecule has 0 bridgehead atoms. The van der Waals surface area contributed by atoms with Gasteiger partial charge in [0, 0.05) is 19.6 Å². The van der Waals surface area contributed by atoms with E-state index in [-0.39, 0.29) is 32.3 Å². The molecule has 9 heteroatoms. The highest BCUT2D eigenvalue weighted by Crippen LogP contribution is 2.43. The van der Waals surface area contributed by atoms with Crippen LogP contribution in [0, 0.1) is 0 Å². The van der Waals surface area contributed by atoms with Crippen molar-refractivity contribution < 1.29 is 32.8 Å². The van der Waals surface area contributed by atoms with Gasteiger partial charge in [-0.15, -0.1) is 0 Å². The molecule has 0 aliphatic heterocycles. The number of phosphoric acid groups is 1. The number of carbonyl (C=O) groups is 1. The zero-order valence-electron chi connectivity index (χ0n) is 33.3. The van der Waals surface area contributed by atoms with Crippen LogP contribution >= 0.6 is 7.82 Å². The molecule has 0 amide bonds. The maximum Gasteiger partial charge on any atom is 0.472 e. The molecule has 0 aliphatic carbocycles. The Bertz CT molecular complexity index is 838. The number of allylic oxidation sites excluding steroid dienone is 4. The van der Waals surface area contributed by atoms with Gasteiger partial charge in [-0.1, -0.05) is 179 Å². The summed E-state index contributed by atoms with van der Waals surface area (Å²) in [6.45, 7) is 4.89. The molecule has 0 rings (SSSR count). The minimum absolute atomic E-state index is 0.0964. The zero-order valence-corrected chi connectivity index (χ0v) is 34.2. The summed E-state index contributed by atoms with van der Waals surface area (Å²) >= 11 is 0. The Balaban J connectivity index is 4.01. The second kappa shape index (κ2) is 40.2. The summed E-state index contributed by atoms with van der Waals surface area (Å²) in [6, 6.07) is 0. The van der Waals surface area contributed by atoms with Gasteiger partial charge in [-0.2, -0.15) is 0 Å². The van der Waals surface area contributed by atoms with E-state index in [0.29, 0.717) is 13.0 Å². The maximum absolute atomic E-state index is 12.6. The van der Waals surface area contributed by atoms with Crippen LogP contribution in [-0.4, -0.2) is 49.9 Å². The van der Waals surface area contributed by atoms with Crippen LogP contribution in [0.3, 0.4) is 0 Å². The number of carbonyl (C=O) groups excluding carboxylic acids is 1. The van der Waals surface area contributed by atoms with Crippen LogP contribution in [0.25, 0.3) is 0 Å². The minimum atomic E-state index is -4.27. The molecule has 0 aliphatic rings. The molecular formula is C42H82NO7P. The zero-order chi connectivity index (χ0) is 37.4. The summed E-state index contributed by atoms with van der Waals surface area (Å²) in [5.41, 5.74) is 5.36. The summed E-state index contributed by atoms with van der Waals surface area (Å²) < 4.78 is 33.4. The van der Waals surface area contributed by atoms with E-state index in [1.807, 2.05) is 0 Å². The van der Waals surface area contributed by atoms with Crippen LogP contribution in [0.1, 0.15) is 200 Å².